The second-order valence-corrected chi connectivity index (χ2v) is 11.5. The van der Waals surface area contributed by atoms with Crippen molar-refractivity contribution in [2.45, 2.75) is 44.6 Å². The van der Waals surface area contributed by atoms with E-state index in [2.05, 4.69) is 32.5 Å². The van der Waals surface area contributed by atoms with E-state index >= 15 is 0 Å². The molecule has 2 aromatic rings. The average Bonchev–Trinajstić information content (AvgIpc) is 3.86. The van der Waals surface area contributed by atoms with Gasteiger partial charge in [-0.2, -0.15) is 4.98 Å². The molecule has 1 saturated heterocycles. The zero-order valence-electron chi connectivity index (χ0n) is 22.5. The topological polar surface area (TPSA) is 103 Å². The lowest BCUT2D eigenvalue weighted by Crippen LogP contribution is -2.43. The zero-order valence-corrected chi connectivity index (χ0v) is 22.5. The van der Waals surface area contributed by atoms with Crippen molar-refractivity contribution in [2.24, 2.45) is 11.3 Å². The molecule has 38 heavy (non-hydrogen) atoms. The Morgan fingerprint density at radius 3 is 2.61 bits per heavy atom. The third-order valence-electron chi connectivity index (χ3n) is 8.46. The van der Waals surface area contributed by atoms with Gasteiger partial charge in [0.15, 0.2) is 5.82 Å². The molecule has 2 aliphatic heterocycles. The van der Waals surface area contributed by atoms with Crippen molar-refractivity contribution in [1.82, 2.24) is 20.2 Å². The molecule has 0 bridgehead atoms. The Morgan fingerprint density at radius 2 is 1.92 bits per heavy atom. The van der Waals surface area contributed by atoms with Crippen LogP contribution in [0.1, 0.15) is 48.9 Å². The van der Waals surface area contributed by atoms with Crippen molar-refractivity contribution in [1.29, 1.82) is 0 Å². The molecule has 10 nitrogen and oxygen atoms in total. The minimum Gasteiger partial charge on any atom is -0.495 e. The van der Waals surface area contributed by atoms with Gasteiger partial charge < -0.3 is 30.1 Å². The quantitative estimate of drug-likeness (QED) is 0.576. The maximum absolute atomic E-state index is 13.2. The summed E-state index contributed by atoms with van der Waals surface area (Å²) in [7, 11) is 5.52. The van der Waals surface area contributed by atoms with Gasteiger partial charge in [0.1, 0.15) is 11.4 Å². The van der Waals surface area contributed by atoms with E-state index in [0.717, 1.165) is 56.8 Å². The molecule has 2 aliphatic carbocycles. The molecule has 1 spiro atoms. The molecule has 0 radical (unpaired) electrons. The number of nitrogens with zero attached hydrogens (tertiary/aromatic N) is 5. The van der Waals surface area contributed by atoms with Gasteiger partial charge in [0.2, 0.25) is 11.9 Å². The minimum atomic E-state index is -0.287. The normalized spacial score (nSPS) is 21.2. The molecule has 2 amide bonds. The van der Waals surface area contributed by atoms with Crippen molar-refractivity contribution in [3.05, 3.63) is 30.0 Å². The SMILES string of the molecule is COc1cc(C(=O)NC2CCN(C)CC2)ccc1Nc1ncc2c(n1)N(CC1CC1)CC1(CC1)C(=O)N2C. The number of piperidine rings is 1. The van der Waals surface area contributed by atoms with Gasteiger partial charge in [-0.3, -0.25) is 9.59 Å². The summed E-state index contributed by atoms with van der Waals surface area (Å²) < 4.78 is 5.63. The minimum absolute atomic E-state index is 0.0943. The largest absolute Gasteiger partial charge is 0.495 e. The highest BCUT2D eigenvalue weighted by Crippen LogP contribution is 2.52. The first-order chi connectivity index (χ1) is 18.3. The van der Waals surface area contributed by atoms with Gasteiger partial charge in [-0.05, 0) is 82.8 Å². The molecular weight excluding hydrogens is 482 g/mol. The van der Waals surface area contributed by atoms with Crippen LogP contribution in [0.4, 0.5) is 23.1 Å². The molecule has 3 heterocycles. The summed E-state index contributed by atoms with van der Waals surface area (Å²) in [6.07, 6.45) is 7.96. The molecule has 0 unspecified atom stereocenters. The van der Waals surface area contributed by atoms with E-state index in [1.807, 2.05) is 13.1 Å². The number of carbonyl (C=O) groups is 2. The van der Waals surface area contributed by atoms with Gasteiger partial charge in [0.25, 0.3) is 5.91 Å². The zero-order chi connectivity index (χ0) is 26.4. The second-order valence-electron chi connectivity index (χ2n) is 11.5. The van der Waals surface area contributed by atoms with Crippen molar-refractivity contribution in [3.8, 4) is 5.75 Å². The molecule has 1 aromatic heterocycles. The summed E-state index contributed by atoms with van der Waals surface area (Å²) in [4.78, 5) is 41.9. The summed E-state index contributed by atoms with van der Waals surface area (Å²) in [5, 5.41) is 6.44. The number of benzene rings is 1. The first-order valence-electron chi connectivity index (χ1n) is 13.7. The van der Waals surface area contributed by atoms with Gasteiger partial charge in [-0.15, -0.1) is 0 Å². The van der Waals surface area contributed by atoms with E-state index in [0.29, 0.717) is 35.4 Å². The van der Waals surface area contributed by atoms with Crippen molar-refractivity contribution in [3.63, 3.8) is 0 Å². The first kappa shape index (κ1) is 24.9. The monoisotopic (exact) mass is 519 g/mol. The van der Waals surface area contributed by atoms with E-state index in [-0.39, 0.29) is 23.3 Å². The van der Waals surface area contributed by atoms with Crippen LogP contribution >= 0.6 is 0 Å². The lowest BCUT2D eigenvalue weighted by Gasteiger charge is -2.29. The second kappa shape index (κ2) is 9.72. The number of hydrogen-bond acceptors (Lipinski definition) is 8. The predicted octanol–water partition coefficient (Wildman–Crippen LogP) is 3.03. The molecule has 2 saturated carbocycles. The molecule has 2 N–H and O–H groups in total. The third-order valence-corrected chi connectivity index (χ3v) is 8.46. The highest BCUT2D eigenvalue weighted by molar-refractivity contribution is 6.02. The Morgan fingerprint density at radius 1 is 1.16 bits per heavy atom. The van der Waals surface area contributed by atoms with E-state index in [9.17, 15) is 9.59 Å². The number of carbonyl (C=O) groups excluding carboxylic acids is 2. The number of likely N-dealkylation sites (tertiary alicyclic amines) is 1. The smallest absolute Gasteiger partial charge is 0.251 e. The number of amides is 2. The van der Waals surface area contributed by atoms with Gasteiger partial charge in [0, 0.05) is 31.7 Å². The number of methoxy groups -OCH3 is 1. The van der Waals surface area contributed by atoms with Crippen molar-refractivity contribution < 1.29 is 14.3 Å². The molecule has 3 fully saturated rings. The summed E-state index contributed by atoms with van der Waals surface area (Å²) in [5.41, 5.74) is 1.69. The molecular formula is C28H37N7O3. The van der Waals surface area contributed by atoms with Crippen LogP contribution in [0.3, 0.4) is 0 Å². The number of anilines is 4. The van der Waals surface area contributed by atoms with E-state index < -0.39 is 0 Å². The Hall–Kier alpha value is -3.40. The lowest BCUT2D eigenvalue weighted by atomic mass is 10.0. The fourth-order valence-corrected chi connectivity index (χ4v) is 5.63. The van der Waals surface area contributed by atoms with Crippen LogP contribution < -0.4 is 25.2 Å². The van der Waals surface area contributed by atoms with Gasteiger partial charge >= 0.3 is 0 Å². The average molecular weight is 520 g/mol. The molecule has 202 valence electrons. The fourth-order valence-electron chi connectivity index (χ4n) is 5.63. The lowest BCUT2D eigenvalue weighted by molar-refractivity contribution is -0.122. The van der Waals surface area contributed by atoms with Gasteiger partial charge in [-0.25, -0.2) is 4.98 Å². The number of rotatable bonds is 7. The summed E-state index contributed by atoms with van der Waals surface area (Å²) in [6.45, 7) is 3.60. The Bertz CT molecular complexity index is 1230. The number of nitrogens with one attached hydrogen (secondary N) is 2. The maximum atomic E-state index is 13.2. The van der Waals surface area contributed by atoms with Crippen LogP contribution in [0.25, 0.3) is 0 Å². The maximum Gasteiger partial charge on any atom is 0.251 e. The van der Waals surface area contributed by atoms with Crippen LogP contribution in [0.15, 0.2) is 24.4 Å². The van der Waals surface area contributed by atoms with Gasteiger partial charge in [-0.1, -0.05) is 0 Å². The summed E-state index contributed by atoms with van der Waals surface area (Å²) in [5.74, 6) is 2.50. The van der Waals surface area contributed by atoms with Crippen LogP contribution in [-0.2, 0) is 4.79 Å². The van der Waals surface area contributed by atoms with Gasteiger partial charge in [0.05, 0.1) is 24.4 Å². The highest BCUT2D eigenvalue weighted by atomic mass is 16.5. The summed E-state index contributed by atoms with van der Waals surface area (Å²) in [6, 6.07) is 5.56. The fraction of sp³-hybridized carbons (Fsp3) is 0.571. The predicted molar refractivity (Wildman–Crippen MR) is 146 cm³/mol. The van der Waals surface area contributed by atoms with Crippen LogP contribution in [0.2, 0.25) is 0 Å². The van der Waals surface area contributed by atoms with Crippen LogP contribution in [-0.4, -0.2) is 80.1 Å². The number of fused-ring (bicyclic) bond motifs is 1. The molecule has 0 atom stereocenters. The standard InChI is InChI=1S/C28H37N7O3/c1-33-12-8-20(9-13-33)30-25(36)19-6-7-21(23(14-19)38-3)31-27-29-15-22-24(32-27)35(16-18-4-5-18)17-28(10-11-28)26(37)34(22)2/h6-7,14-15,18,20H,4-5,8-13,16-17H2,1-3H3,(H,30,36)(H,29,31,32). The molecule has 6 rings (SSSR count). The Labute approximate surface area is 223 Å². The Balaban J connectivity index is 1.22. The molecule has 1 aromatic carbocycles. The van der Waals surface area contributed by atoms with Crippen molar-refractivity contribution >= 4 is 35.0 Å². The number of aromatic nitrogens is 2. The number of hydrogen-bond donors (Lipinski definition) is 2. The highest BCUT2D eigenvalue weighted by Gasteiger charge is 2.55. The van der Waals surface area contributed by atoms with E-state index in [1.165, 1.54) is 12.8 Å². The van der Waals surface area contributed by atoms with E-state index in [1.54, 1.807) is 30.3 Å². The first-order valence-corrected chi connectivity index (χ1v) is 13.7. The number of ether oxygens (including phenoxy) is 1. The molecule has 10 heteroatoms. The van der Waals surface area contributed by atoms with Crippen molar-refractivity contribution in [2.75, 3.05) is 62.5 Å². The van der Waals surface area contributed by atoms with E-state index in [4.69, 9.17) is 9.72 Å². The summed E-state index contributed by atoms with van der Waals surface area (Å²) >= 11 is 0. The van der Waals surface area contributed by atoms with Crippen LogP contribution in [0.5, 0.6) is 5.75 Å². The Kier molecular flexibility index (Phi) is 6.37. The van der Waals surface area contributed by atoms with Crippen LogP contribution in [0, 0.1) is 11.3 Å². The third kappa shape index (κ3) is 4.89. The molecule has 4 aliphatic rings.